The molecule has 0 saturated carbocycles. The quantitative estimate of drug-likeness (QED) is 0.631. The first-order valence-electron chi connectivity index (χ1n) is 9.53. The van der Waals surface area contributed by atoms with Crippen molar-refractivity contribution in [3.05, 3.63) is 65.2 Å². The summed E-state index contributed by atoms with van der Waals surface area (Å²) in [6.07, 6.45) is 1.54. The number of amides is 1. The van der Waals surface area contributed by atoms with Crippen LogP contribution in [0.3, 0.4) is 0 Å². The molecule has 7 nitrogen and oxygen atoms in total. The minimum absolute atomic E-state index is 0.308. The number of anilines is 2. The van der Waals surface area contributed by atoms with Gasteiger partial charge in [0.05, 0.1) is 37.8 Å². The molecule has 0 spiro atoms. The van der Waals surface area contributed by atoms with Gasteiger partial charge in [-0.3, -0.25) is 4.79 Å². The fourth-order valence-electron chi connectivity index (χ4n) is 3.22. The normalized spacial score (nSPS) is 13.7. The third-order valence-corrected chi connectivity index (χ3v) is 5.83. The van der Waals surface area contributed by atoms with E-state index in [-0.39, 0.29) is 5.91 Å². The highest BCUT2D eigenvalue weighted by atomic mass is 32.1. The van der Waals surface area contributed by atoms with Crippen LogP contribution in [0.5, 0.6) is 0 Å². The minimum atomic E-state index is -0.505. The number of rotatable bonds is 5. The third kappa shape index (κ3) is 4.34. The number of benzene rings is 2. The largest absolute Gasteiger partial charge is 0.465 e. The van der Waals surface area contributed by atoms with E-state index in [2.05, 4.69) is 15.2 Å². The molecule has 0 bridgehead atoms. The molecule has 1 aliphatic rings. The van der Waals surface area contributed by atoms with Gasteiger partial charge in [0, 0.05) is 24.3 Å². The average Bonchev–Trinajstić information content (AvgIpc) is 3.30. The van der Waals surface area contributed by atoms with Gasteiger partial charge in [-0.1, -0.05) is 30.3 Å². The van der Waals surface area contributed by atoms with Gasteiger partial charge in [-0.15, -0.1) is 11.3 Å². The molecule has 1 aromatic heterocycles. The van der Waals surface area contributed by atoms with Crippen molar-refractivity contribution in [1.82, 2.24) is 4.98 Å². The summed E-state index contributed by atoms with van der Waals surface area (Å²) in [5.41, 5.74) is 2.55. The number of aromatic nitrogens is 1. The topological polar surface area (TPSA) is 80.8 Å². The van der Waals surface area contributed by atoms with Crippen molar-refractivity contribution in [2.24, 2.45) is 0 Å². The number of carbonyl (C=O) groups is 2. The number of morpholine rings is 1. The first-order valence-corrected chi connectivity index (χ1v) is 10.3. The lowest BCUT2D eigenvalue weighted by Crippen LogP contribution is -2.36. The molecule has 1 saturated heterocycles. The van der Waals surface area contributed by atoms with Gasteiger partial charge >= 0.3 is 5.97 Å². The number of ether oxygens (including phenoxy) is 2. The smallest absolute Gasteiger partial charge is 0.340 e. The Morgan fingerprint density at radius 3 is 2.63 bits per heavy atom. The highest BCUT2D eigenvalue weighted by molar-refractivity contribution is 7.17. The molecule has 0 atom stereocenters. The second-order valence-electron chi connectivity index (χ2n) is 6.67. The van der Waals surface area contributed by atoms with Crippen LogP contribution < -0.4 is 10.2 Å². The molecular formula is C22H21N3O4S. The molecule has 8 heteroatoms. The lowest BCUT2D eigenvalue weighted by Gasteiger charge is -2.29. The molecule has 1 aliphatic heterocycles. The number of hydrogen-bond donors (Lipinski definition) is 1. The lowest BCUT2D eigenvalue weighted by molar-refractivity contribution is 0.0602. The van der Waals surface area contributed by atoms with Gasteiger partial charge in [-0.05, 0) is 18.2 Å². The predicted molar refractivity (Wildman–Crippen MR) is 116 cm³/mol. The van der Waals surface area contributed by atoms with Crippen molar-refractivity contribution < 1.29 is 19.1 Å². The van der Waals surface area contributed by atoms with Crippen molar-refractivity contribution in [3.8, 4) is 10.6 Å². The molecule has 0 unspecified atom stereocenters. The number of nitrogens with one attached hydrogen (secondary N) is 1. The van der Waals surface area contributed by atoms with Crippen LogP contribution in [0.2, 0.25) is 0 Å². The van der Waals surface area contributed by atoms with Gasteiger partial charge in [0.25, 0.3) is 5.91 Å². The molecule has 2 heterocycles. The molecule has 4 rings (SSSR count). The summed E-state index contributed by atoms with van der Waals surface area (Å²) in [5, 5.41) is 3.59. The zero-order chi connectivity index (χ0) is 20.9. The van der Waals surface area contributed by atoms with Gasteiger partial charge in [0.15, 0.2) is 0 Å². The molecule has 30 heavy (non-hydrogen) atoms. The molecule has 0 aliphatic carbocycles. The molecule has 3 aromatic rings. The maximum Gasteiger partial charge on any atom is 0.340 e. The highest BCUT2D eigenvalue weighted by Crippen LogP contribution is 2.28. The van der Waals surface area contributed by atoms with Crippen molar-refractivity contribution in [3.63, 3.8) is 0 Å². The molecule has 154 valence electrons. The predicted octanol–water partition coefficient (Wildman–Crippen LogP) is 3.69. The highest BCUT2D eigenvalue weighted by Gasteiger charge is 2.20. The third-order valence-electron chi connectivity index (χ3n) is 4.78. The van der Waals surface area contributed by atoms with Crippen LogP contribution in [0.4, 0.5) is 11.4 Å². The van der Waals surface area contributed by atoms with E-state index >= 15 is 0 Å². The Morgan fingerprint density at radius 2 is 1.90 bits per heavy atom. The van der Waals surface area contributed by atoms with Crippen LogP contribution in [-0.4, -0.2) is 50.3 Å². The standard InChI is InChI=1S/C22H21N3O4S/c1-28-22(27)17-13-16(25-9-11-29-12-10-25)7-8-18(17)24-20(26)19-14-23-21(30-19)15-5-3-2-4-6-15/h2-8,13-14H,9-12H2,1H3,(H,24,26). The van der Waals surface area contributed by atoms with Crippen LogP contribution in [-0.2, 0) is 9.47 Å². The van der Waals surface area contributed by atoms with Gasteiger partial charge in [-0.25, -0.2) is 9.78 Å². The van der Waals surface area contributed by atoms with Crippen molar-refractivity contribution in [2.75, 3.05) is 43.6 Å². The Bertz CT molecular complexity index is 1050. The number of nitrogens with zero attached hydrogens (tertiary/aromatic N) is 2. The molecule has 1 N–H and O–H groups in total. The van der Waals surface area contributed by atoms with E-state index < -0.39 is 5.97 Å². The Balaban J connectivity index is 1.56. The summed E-state index contributed by atoms with van der Waals surface area (Å²) >= 11 is 1.30. The van der Waals surface area contributed by atoms with Crippen LogP contribution in [0.1, 0.15) is 20.0 Å². The molecule has 2 aromatic carbocycles. The van der Waals surface area contributed by atoms with E-state index in [9.17, 15) is 9.59 Å². The number of hydrogen-bond acceptors (Lipinski definition) is 7. The van der Waals surface area contributed by atoms with Crippen LogP contribution >= 0.6 is 11.3 Å². The van der Waals surface area contributed by atoms with Crippen molar-refractivity contribution in [1.29, 1.82) is 0 Å². The van der Waals surface area contributed by atoms with E-state index in [0.29, 0.717) is 29.3 Å². The van der Waals surface area contributed by atoms with Gasteiger partial charge in [-0.2, -0.15) is 0 Å². The SMILES string of the molecule is COC(=O)c1cc(N2CCOCC2)ccc1NC(=O)c1cnc(-c2ccccc2)s1. The zero-order valence-electron chi connectivity index (χ0n) is 16.5. The first-order chi connectivity index (χ1) is 14.7. The van der Waals surface area contributed by atoms with Gasteiger partial charge in [0.2, 0.25) is 0 Å². The summed E-state index contributed by atoms with van der Waals surface area (Å²) in [7, 11) is 1.32. The number of methoxy groups -OCH3 is 1. The molecule has 1 fully saturated rings. The molecular weight excluding hydrogens is 402 g/mol. The van der Waals surface area contributed by atoms with E-state index in [4.69, 9.17) is 9.47 Å². The Hall–Kier alpha value is -3.23. The van der Waals surface area contributed by atoms with E-state index in [1.807, 2.05) is 36.4 Å². The fraction of sp³-hybridized carbons (Fsp3) is 0.227. The summed E-state index contributed by atoms with van der Waals surface area (Å²) in [6.45, 7) is 2.77. The maximum absolute atomic E-state index is 12.8. The van der Waals surface area contributed by atoms with Crippen LogP contribution in [0.25, 0.3) is 10.6 Å². The van der Waals surface area contributed by atoms with Crippen LogP contribution in [0, 0.1) is 0 Å². The molecule has 1 amide bonds. The second-order valence-corrected chi connectivity index (χ2v) is 7.70. The zero-order valence-corrected chi connectivity index (χ0v) is 17.3. The Kier molecular flexibility index (Phi) is 6.06. The molecule has 0 radical (unpaired) electrons. The Morgan fingerprint density at radius 1 is 1.13 bits per heavy atom. The van der Waals surface area contributed by atoms with Crippen molar-refractivity contribution >= 4 is 34.6 Å². The number of thiazole rings is 1. The summed E-state index contributed by atoms with van der Waals surface area (Å²) in [6, 6.07) is 15.0. The first kappa shape index (κ1) is 20.1. The monoisotopic (exact) mass is 423 g/mol. The van der Waals surface area contributed by atoms with Crippen LogP contribution in [0.15, 0.2) is 54.7 Å². The Labute approximate surface area is 178 Å². The van der Waals surface area contributed by atoms with Gasteiger partial charge < -0.3 is 19.7 Å². The number of carbonyl (C=O) groups excluding carboxylic acids is 2. The maximum atomic E-state index is 12.8. The summed E-state index contributed by atoms with van der Waals surface area (Å²) in [5.74, 6) is -0.825. The lowest BCUT2D eigenvalue weighted by atomic mass is 10.1. The second kappa shape index (κ2) is 9.06. The summed E-state index contributed by atoms with van der Waals surface area (Å²) in [4.78, 5) is 32.1. The average molecular weight is 423 g/mol. The fourth-order valence-corrected chi connectivity index (χ4v) is 4.03. The summed E-state index contributed by atoms with van der Waals surface area (Å²) < 4.78 is 10.3. The minimum Gasteiger partial charge on any atom is -0.465 e. The number of esters is 1. The van der Waals surface area contributed by atoms with E-state index in [1.54, 1.807) is 18.3 Å². The van der Waals surface area contributed by atoms with Gasteiger partial charge in [0.1, 0.15) is 9.88 Å². The van der Waals surface area contributed by atoms with E-state index in [1.165, 1.54) is 18.4 Å². The van der Waals surface area contributed by atoms with Crippen molar-refractivity contribution in [2.45, 2.75) is 0 Å². The van der Waals surface area contributed by atoms with E-state index in [0.717, 1.165) is 29.3 Å².